The number of hydrogen-bond acceptors (Lipinski definition) is 3. The minimum atomic E-state index is -3.52. The van der Waals surface area contributed by atoms with Gasteiger partial charge >= 0.3 is 0 Å². The van der Waals surface area contributed by atoms with Crippen LogP contribution in [0.5, 0.6) is 0 Å². The summed E-state index contributed by atoms with van der Waals surface area (Å²) in [5.41, 5.74) is 2.50. The SMILES string of the molecule is CNc1ccc(NS(=O)(=O)c2ccc(C)cc2)cc1. The van der Waals surface area contributed by atoms with E-state index in [0.717, 1.165) is 11.3 Å². The summed E-state index contributed by atoms with van der Waals surface area (Å²) in [6, 6.07) is 13.8. The van der Waals surface area contributed by atoms with Crippen molar-refractivity contribution in [2.45, 2.75) is 11.8 Å². The third-order valence-corrected chi connectivity index (χ3v) is 4.15. The van der Waals surface area contributed by atoms with Gasteiger partial charge in [0.2, 0.25) is 0 Å². The first-order chi connectivity index (χ1) is 9.01. The fourth-order valence-electron chi connectivity index (χ4n) is 1.64. The van der Waals surface area contributed by atoms with E-state index < -0.39 is 10.0 Å². The average molecular weight is 276 g/mol. The zero-order chi connectivity index (χ0) is 13.9. The summed E-state index contributed by atoms with van der Waals surface area (Å²) in [4.78, 5) is 0.260. The Hall–Kier alpha value is -2.01. The van der Waals surface area contributed by atoms with E-state index in [1.807, 2.05) is 26.1 Å². The van der Waals surface area contributed by atoms with E-state index in [4.69, 9.17) is 0 Å². The van der Waals surface area contributed by atoms with Crippen molar-refractivity contribution in [2.75, 3.05) is 17.1 Å². The number of rotatable bonds is 4. The van der Waals surface area contributed by atoms with Crippen LogP contribution in [0.25, 0.3) is 0 Å². The second-order valence-electron chi connectivity index (χ2n) is 4.25. The zero-order valence-corrected chi connectivity index (χ0v) is 11.7. The molecule has 5 heteroatoms. The van der Waals surface area contributed by atoms with E-state index in [1.54, 1.807) is 36.4 Å². The van der Waals surface area contributed by atoms with Crippen LogP contribution in [0.2, 0.25) is 0 Å². The molecule has 100 valence electrons. The van der Waals surface area contributed by atoms with Gasteiger partial charge in [-0.05, 0) is 43.3 Å². The maximum absolute atomic E-state index is 12.1. The molecule has 4 nitrogen and oxygen atoms in total. The Kier molecular flexibility index (Phi) is 3.76. The van der Waals surface area contributed by atoms with Gasteiger partial charge in [0, 0.05) is 18.4 Å². The summed E-state index contributed by atoms with van der Waals surface area (Å²) in [6.07, 6.45) is 0. The summed E-state index contributed by atoms with van der Waals surface area (Å²) in [7, 11) is -1.71. The maximum atomic E-state index is 12.1. The third kappa shape index (κ3) is 3.26. The van der Waals surface area contributed by atoms with Gasteiger partial charge in [-0.3, -0.25) is 4.72 Å². The van der Waals surface area contributed by atoms with Gasteiger partial charge < -0.3 is 5.32 Å². The van der Waals surface area contributed by atoms with Crippen molar-refractivity contribution in [2.24, 2.45) is 0 Å². The number of nitrogens with one attached hydrogen (secondary N) is 2. The van der Waals surface area contributed by atoms with E-state index in [2.05, 4.69) is 10.0 Å². The summed E-state index contributed by atoms with van der Waals surface area (Å²) < 4.78 is 26.8. The third-order valence-electron chi connectivity index (χ3n) is 2.76. The predicted octanol–water partition coefficient (Wildman–Crippen LogP) is 2.84. The van der Waals surface area contributed by atoms with Gasteiger partial charge in [-0.15, -0.1) is 0 Å². The van der Waals surface area contributed by atoms with Crippen LogP contribution in [0.3, 0.4) is 0 Å². The summed E-state index contributed by atoms with van der Waals surface area (Å²) in [6.45, 7) is 1.92. The Morgan fingerprint density at radius 1 is 0.842 bits per heavy atom. The monoisotopic (exact) mass is 276 g/mol. The minimum absolute atomic E-state index is 0.260. The molecule has 0 saturated heterocycles. The molecule has 0 aromatic heterocycles. The van der Waals surface area contributed by atoms with E-state index >= 15 is 0 Å². The fourth-order valence-corrected chi connectivity index (χ4v) is 2.70. The predicted molar refractivity (Wildman–Crippen MR) is 78.0 cm³/mol. The molecule has 2 rings (SSSR count). The second-order valence-corrected chi connectivity index (χ2v) is 5.93. The van der Waals surface area contributed by atoms with Crippen molar-refractivity contribution in [3.63, 3.8) is 0 Å². The van der Waals surface area contributed by atoms with Gasteiger partial charge in [0.15, 0.2) is 0 Å². The topological polar surface area (TPSA) is 58.2 Å². The molecule has 0 unspecified atom stereocenters. The Bertz CT molecular complexity index is 647. The molecule has 0 amide bonds. The first-order valence-corrected chi connectivity index (χ1v) is 7.37. The lowest BCUT2D eigenvalue weighted by Gasteiger charge is -2.09. The average Bonchev–Trinajstić information content (AvgIpc) is 2.40. The van der Waals surface area contributed by atoms with Crippen LogP contribution in [0.1, 0.15) is 5.56 Å². The lowest BCUT2D eigenvalue weighted by molar-refractivity contribution is 0.601. The molecule has 0 aliphatic carbocycles. The maximum Gasteiger partial charge on any atom is 0.261 e. The highest BCUT2D eigenvalue weighted by Crippen LogP contribution is 2.18. The van der Waals surface area contributed by atoms with Gasteiger partial charge in [-0.2, -0.15) is 0 Å². The Balaban J connectivity index is 2.23. The van der Waals surface area contributed by atoms with Crippen LogP contribution >= 0.6 is 0 Å². The lowest BCUT2D eigenvalue weighted by atomic mass is 10.2. The minimum Gasteiger partial charge on any atom is -0.388 e. The van der Waals surface area contributed by atoms with Crippen LogP contribution in [-0.4, -0.2) is 15.5 Å². The summed E-state index contributed by atoms with van der Waals surface area (Å²) >= 11 is 0. The molecular formula is C14H16N2O2S. The first kappa shape index (κ1) is 13.4. The lowest BCUT2D eigenvalue weighted by Crippen LogP contribution is -2.12. The van der Waals surface area contributed by atoms with Crippen molar-refractivity contribution >= 4 is 21.4 Å². The highest BCUT2D eigenvalue weighted by molar-refractivity contribution is 7.92. The summed E-state index contributed by atoms with van der Waals surface area (Å²) in [5.74, 6) is 0. The molecule has 0 spiro atoms. The molecule has 0 radical (unpaired) electrons. The van der Waals surface area contributed by atoms with Crippen LogP contribution in [0, 0.1) is 6.92 Å². The van der Waals surface area contributed by atoms with E-state index in [1.165, 1.54) is 0 Å². The molecule has 2 aromatic rings. The fraction of sp³-hybridized carbons (Fsp3) is 0.143. The normalized spacial score (nSPS) is 11.1. The van der Waals surface area contributed by atoms with Crippen LogP contribution in [-0.2, 0) is 10.0 Å². The van der Waals surface area contributed by atoms with Gasteiger partial charge in [0.05, 0.1) is 4.90 Å². The van der Waals surface area contributed by atoms with E-state index in [9.17, 15) is 8.42 Å². The number of sulfonamides is 1. The van der Waals surface area contributed by atoms with Crippen molar-refractivity contribution in [3.8, 4) is 0 Å². The van der Waals surface area contributed by atoms with Gasteiger partial charge in [-0.1, -0.05) is 17.7 Å². The highest BCUT2D eigenvalue weighted by Gasteiger charge is 2.13. The first-order valence-electron chi connectivity index (χ1n) is 5.88. The van der Waals surface area contributed by atoms with Crippen LogP contribution in [0.4, 0.5) is 11.4 Å². The molecule has 2 aromatic carbocycles. The highest BCUT2D eigenvalue weighted by atomic mass is 32.2. The second kappa shape index (κ2) is 5.32. The molecule has 0 bridgehead atoms. The standard InChI is InChI=1S/C14H16N2O2S/c1-11-3-9-14(10-4-11)19(17,18)16-13-7-5-12(15-2)6-8-13/h3-10,15-16H,1-2H3. The number of benzene rings is 2. The van der Waals surface area contributed by atoms with Crippen molar-refractivity contribution in [1.29, 1.82) is 0 Å². The Labute approximate surface area is 113 Å². The molecule has 0 saturated carbocycles. The van der Waals surface area contributed by atoms with Gasteiger partial charge in [0.1, 0.15) is 0 Å². The van der Waals surface area contributed by atoms with Crippen molar-refractivity contribution in [3.05, 3.63) is 54.1 Å². The number of aryl methyl sites for hydroxylation is 1. The number of hydrogen-bond donors (Lipinski definition) is 2. The van der Waals surface area contributed by atoms with Crippen LogP contribution in [0.15, 0.2) is 53.4 Å². The van der Waals surface area contributed by atoms with E-state index in [0.29, 0.717) is 5.69 Å². The van der Waals surface area contributed by atoms with Crippen LogP contribution < -0.4 is 10.0 Å². The Morgan fingerprint density at radius 3 is 1.89 bits per heavy atom. The Morgan fingerprint density at radius 2 is 1.37 bits per heavy atom. The van der Waals surface area contributed by atoms with E-state index in [-0.39, 0.29) is 4.90 Å². The van der Waals surface area contributed by atoms with Gasteiger partial charge in [0.25, 0.3) is 10.0 Å². The number of anilines is 2. The quantitative estimate of drug-likeness (QED) is 0.902. The summed E-state index contributed by atoms with van der Waals surface area (Å²) in [5, 5.41) is 2.98. The van der Waals surface area contributed by atoms with Crippen molar-refractivity contribution in [1.82, 2.24) is 0 Å². The molecule has 0 atom stereocenters. The molecule has 0 heterocycles. The van der Waals surface area contributed by atoms with Gasteiger partial charge in [-0.25, -0.2) is 8.42 Å². The molecule has 0 aliphatic rings. The molecule has 19 heavy (non-hydrogen) atoms. The largest absolute Gasteiger partial charge is 0.388 e. The zero-order valence-electron chi connectivity index (χ0n) is 10.8. The molecule has 0 aliphatic heterocycles. The molecule has 2 N–H and O–H groups in total. The molecular weight excluding hydrogens is 260 g/mol. The van der Waals surface area contributed by atoms with Crippen molar-refractivity contribution < 1.29 is 8.42 Å². The smallest absolute Gasteiger partial charge is 0.261 e. The molecule has 0 fully saturated rings.